The molecule has 0 aliphatic heterocycles. The normalized spacial score (nSPS) is 12.2. The monoisotopic (exact) mass is 566 g/mol. The van der Waals surface area contributed by atoms with Crippen LogP contribution in [-0.2, 0) is 12.8 Å². The predicted octanol–water partition coefficient (Wildman–Crippen LogP) is 10.6. The van der Waals surface area contributed by atoms with E-state index in [1.807, 2.05) is 0 Å². The molecule has 6 aromatic carbocycles. The van der Waals surface area contributed by atoms with Crippen LogP contribution < -0.4 is 0 Å². The lowest BCUT2D eigenvalue weighted by atomic mass is 9.87. The average Bonchev–Trinajstić information content (AvgIpc) is 3.09. The van der Waals surface area contributed by atoms with Gasteiger partial charge in [-0.3, -0.25) is 0 Å². The summed E-state index contributed by atoms with van der Waals surface area (Å²) in [6.07, 6.45) is 4.40. The van der Waals surface area contributed by atoms with Crippen molar-refractivity contribution in [2.24, 2.45) is 9.98 Å². The Balaban J connectivity index is 1.28. The summed E-state index contributed by atoms with van der Waals surface area (Å²) in [5, 5.41) is 0. The Morgan fingerprint density at radius 3 is 1.00 bits per heavy atom. The van der Waals surface area contributed by atoms with Gasteiger partial charge in [-0.1, -0.05) is 133 Å². The van der Waals surface area contributed by atoms with Crippen molar-refractivity contribution in [3.05, 3.63) is 191 Å². The molecule has 0 fully saturated rings. The van der Waals surface area contributed by atoms with E-state index in [9.17, 15) is 0 Å². The lowest BCUT2D eigenvalue weighted by Gasteiger charge is -2.19. The Bertz CT molecular complexity index is 1700. The minimum atomic E-state index is 0.991. The van der Waals surface area contributed by atoms with Crippen LogP contribution in [0.25, 0.3) is 11.1 Å². The molecule has 0 aromatic heterocycles. The van der Waals surface area contributed by atoms with Crippen molar-refractivity contribution < 1.29 is 0 Å². The number of nitrogens with zero attached hydrogens (tertiary/aromatic N) is 2. The van der Waals surface area contributed by atoms with Gasteiger partial charge in [0.25, 0.3) is 0 Å². The van der Waals surface area contributed by atoms with Gasteiger partial charge in [0.15, 0.2) is 0 Å². The molecule has 44 heavy (non-hydrogen) atoms. The molecule has 0 unspecified atom stereocenters. The highest BCUT2D eigenvalue weighted by Gasteiger charge is 2.16. The molecule has 0 spiro atoms. The SMILES string of the molecule is c1ccc(C(=Nc2ccc3c(c2)CCCCc2cc(N=C(c4ccccc4)c4ccccc4)ccc2-3)c2ccccc2)cc1. The van der Waals surface area contributed by atoms with Gasteiger partial charge in [0.1, 0.15) is 0 Å². The topological polar surface area (TPSA) is 24.7 Å². The molecule has 0 radical (unpaired) electrons. The lowest BCUT2D eigenvalue weighted by Crippen LogP contribution is -2.04. The van der Waals surface area contributed by atoms with Crippen molar-refractivity contribution in [2.45, 2.75) is 25.7 Å². The first-order valence-corrected chi connectivity index (χ1v) is 15.5. The summed E-state index contributed by atoms with van der Waals surface area (Å²) in [6, 6.07) is 55.4. The Kier molecular flexibility index (Phi) is 8.05. The van der Waals surface area contributed by atoms with Gasteiger partial charge in [0.2, 0.25) is 0 Å². The molecule has 2 heteroatoms. The summed E-state index contributed by atoms with van der Waals surface area (Å²) in [5.41, 5.74) is 13.8. The molecule has 0 saturated carbocycles. The minimum absolute atomic E-state index is 0.991. The average molecular weight is 567 g/mol. The van der Waals surface area contributed by atoms with Crippen molar-refractivity contribution in [3.8, 4) is 11.1 Å². The van der Waals surface area contributed by atoms with Crippen LogP contribution in [0.4, 0.5) is 11.4 Å². The fourth-order valence-electron chi connectivity index (χ4n) is 6.10. The van der Waals surface area contributed by atoms with Crippen LogP contribution in [0.15, 0.2) is 168 Å². The fraction of sp³-hybridized carbons (Fsp3) is 0.0952. The van der Waals surface area contributed by atoms with Crippen molar-refractivity contribution in [3.63, 3.8) is 0 Å². The summed E-state index contributed by atoms with van der Waals surface area (Å²) in [5.74, 6) is 0. The van der Waals surface area contributed by atoms with Crippen LogP contribution in [0.2, 0.25) is 0 Å². The molecule has 0 amide bonds. The molecule has 0 N–H and O–H groups in total. The molecule has 0 heterocycles. The molecule has 0 saturated heterocycles. The zero-order valence-corrected chi connectivity index (χ0v) is 24.7. The van der Waals surface area contributed by atoms with Gasteiger partial charge in [-0.2, -0.15) is 0 Å². The van der Waals surface area contributed by atoms with Crippen LogP contribution in [0.1, 0.15) is 46.2 Å². The van der Waals surface area contributed by atoms with E-state index < -0.39 is 0 Å². The Morgan fingerprint density at radius 1 is 0.364 bits per heavy atom. The van der Waals surface area contributed by atoms with Gasteiger partial charge in [-0.15, -0.1) is 0 Å². The highest BCUT2D eigenvalue weighted by molar-refractivity contribution is 6.14. The molecule has 6 aromatic rings. The standard InChI is InChI=1S/C42H34N2/c1-5-15-31(16-6-1)41(32-17-7-2-8-18-32)43-37-25-27-39-35(29-37)23-13-14-24-36-30-38(26-28-40(36)39)44-42(33-19-9-3-10-20-33)34-21-11-4-12-22-34/h1-12,15-22,25-30H,13-14,23-24H2. The highest BCUT2D eigenvalue weighted by Crippen LogP contribution is 2.36. The van der Waals surface area contributed by atoms with E-state index in [0.29, 0.717) is 0 Å². The van der Waals surface area contributed by atoms with E-state index in [4.69, 9.17) is 9.98 Å². The van der Waals surface area contributed by atoms with Gasteiger partial charge in [-0.05, 0) is 72.2 Å². The summed E-state index contributed by atoms with van der Waals surface area (Å²) in [6.45, 7) is 0. The molecule has 212 valence electrons. The first kappa shape index (κ1) is 27.5. The first-order valence-electron chi connectivity index (χ1n) is 15.5. The largest absolute Gasteiger partial charge is 0.248 e. The van der Waals surface area contributed by atoms with E-state index in [1.54, 1.807) is 0 Å². The number of hydrogen-bond donors (Lipinski definition) is 0. The fourth-order valence-corrected chi connectivity index (χ4v) is 6.10. The summed E-state index contributed by atoms with van der Waals surface area (Å²) >= 11 is 0. The molecular formula is C42H34N2. The second kappa shape index (κ2) is 12.9. The quantitative estimate of drug-likeness (QED) is 0.179. The van der Waals surface area contributed by atoms with Crippen molar-refractivity contribution in [1.29, 1.82) is 0 Å². The minimum Gasteiger partial charge on any atom is -0.248 e. The van der Waals surface area contributed by atoms with E-state index in [0.717, 1.165) is 70.7 Å². The lowest BCUT2D eigenvalue weighted by molar-refractivity contribution is 0.729. The van der Waals surface area contributed by atoms with Crippen molar-refractivity contribution in [1.82, 2.24) is 0 Å². The number of benzene rings is 6. The van der Waals surface area contributed by atoms with Crippen LogP contribution >= 0.6 is 0 Å². The number of fused-ring (bicyclic) bond motifs is 3. The van der Waals surface area contributed by atoms with E-state index in [-0.39, 0.29) is 0 Å². The third kappa shape index (κ3) is 6.07. The number of aliphatic imine (C=N–C) groups is 2. The molecule has 0 atom stereocenters. The van der Waals surface area contributed by atoms with E-state index >= 15 is 0 Å². The maximum absolute atomic E-state index is 5.22. The Morgan fingerprint density at radius 2 is 0.682 bits per heavy atom. The van der Waals surface area contributed by atoms with Gasteiger partial charge in [0, 0.05) is 22.3 Å². The van der Waals surface area contributed by atoms with Crippen molar-refractivity contribution >= 4 is 22.8 Å². The van der Waals surface area contributed by atoms with Crippen LogP contribution in [0.3, 0.4) is 0 Å². The van der Waals surface area contributed by atoms with Crippen molar-refractivity contribution in [2.75, 3.05) is 0 Å². The summed E-state index contributed by atoms with van der Waals surface area (Å²) in [7, 11) is 0. The molecule has 7 rings (SSSR count). The van der Waals surface area contributed by atoms with Gasteiger partial charge in [-0.25, -0.2) is 9.98 Å². The first-order chi connectivity index (χ1) is 21.8. The molecule has 2 nitrogen and oxygen atoms in total. The molecular weight excluding hydrogens is 532 g/mol. The number of rotatable bonds is 6. The molecule has 0 bridgehead atoms. The zero-order valence-electron chi connectivity index (χ0n) is 24.7. The van der Waals surface area contributed by atoms with Gasteiger partial charge in [0.05, 0.1) is 22.8 Å². The summed E-state index contributed by atoms with van der Waals surface area (Å²) < 4.78 is 0. The maximum atomic E-state index is 5.22. The Hall–Kier alpha value is -5.34. The third-order valence-electron chi connectivity index (χ3n) is 8.28. The van der Waals surface area contributed by atoms with Crippen LogP contribution in [0.5, 0.6) is 0 Å². The highest BCUT2D eigenvalue weighted by atomic mass is 14.8. The number of aryl methyl sites for hydroxylation is 2. The predicted molar refractivity (Wildman–Crippen MR) is 185 cm³/mol. The van der Waals surface area contributed by atoms with Gasteiger partial charge < -0.3 is 0 Å². The second-order valence-corrected chi connectivity index (χ2v) is 11.3. The second-order valence-electron chi connectivity index (χ2n) is 11.3. The Labute approximate surface area is 260 Å². The van der Waals surface area contributed by atoms with Crippen LogP contribution in [0, 0.1) is 0 Å². The van der Waals surface area contributed by atoms with Crippen LogP contribution in [-0.4, -0.2) is 11.4 Å². The molecule has 1 aliphatic carbocycles. The maximum Gasteiger partial charge on any atom is 0.0781 e. The van der Waals surface area contributed by atoms with E-state index in [1.165, 1.54) is 22.3 Å². The molecule has 1 aliphatic rings. The number of hydrogen-bond acceptors (Lipinski definition) is 2. The summed E-state index contributed by atoms with van der Waals surface area (Å²) in [4.78, 5) is 10.4. The zero-order chi connectivity index (χ0) is 29.6. The van der Waals surface area contributed by atoms with Gasteiger partial charge >= 0.3 is 0 Å². The van der Waals surface area contributed by atoms with E-state index in [2.05, 4.69) is 158 Å². The smallest absolute Gasteiger partial charge is 0.0781 e. The third-order valence-corrected chi connectivity index (χ3v) is 8.28.